The average molecular weight is 484 g/mol. The Labute approximate surface area is 201 Å². The SMILES string of the molecule is Cc1ccc(-c2cccc(CCCOc3ccc(S(=O)C4(C(N)=O)CCOCC4)cc3)c2)s1. The number of benzene rings is 2. The molecule has 33 heavy (non-hydrogen) atoms. The van der Waals surface area contributed by atoms with Crippen LogP contribution in [0.4, 0.5) is 0 Å². The van der Waals surface area contributed by atoms with Gasteiger partial charge in [0.1, 0.15) is 10.5 Å². The fraction of sp³-hybridized carbons (Fsp3) is 0.346. The number of rotatable bonds is 9. The quantitative estimate of drug-likeness (QED) is 0.440. The Hall–Kier alpha value is -2.48. The largest absolute Gasteiger partial charge is 0.494 e. The van der Waals surface area contributed by atoms with Crippen molar-refractivity contribution in [3.05, 3.63) is 71.1 Å². The number of amides is 1. The van der Waals surface area contributed by atoms with Crippen LogP contribution >= 0.6 is 11.3 Å². The van der Waals surface area contributed by atoms with Gasteiger partial charge in [-0.05, 0) is 80.1 Å². The molecule has 5 nitrogen and oxygen atoms in total. The van der Waals surface area contributed by atoms with Gasteiger partial charge in [0.25, 0.3) is 0 Å². The molecular formula is C26H29NO4S2. The van der Waals surface area contributed by atoms with E-state index in [4.69, 9.17) is 15.2 Å². The molecular weight excluding hydrogens is 454 g/mol. The summed E-state index contributed by atoms with van der Waals surface area (Å²) in [4.78, 5) is 15.3. The smallest absolute Gasteiger partial charge is 0.236 e. The fourth-order valence-electron chi connectivity index (χ4n) is 4.05. The Morgan fingerprint density at radius 3 is 2.55 bits per heavy atom. The lowest BCUT2D eigenvalue weighted by Gasteiger charge is -2.33. The molecule has 1 fully saturated rings. The zero-order valence-electron chi connectivity index (χ0n) is 18.8. The molecule has 1 unspecified atom stereocenters. The normalized spacial score (nSPS) is 16.3. The van der Waals surface area contributed by atoms with Crippen LogP contribution in [-0.4, -0.2) is 34.7 Å². The maximum atomic E-state index is 13.1. The highest BCUT2D eigenvalue weighted by Crippen LogP contribution is 2.32. The van der Waals surface area contributed by atoms with Crippen molar-refractivity contribution >= 4 is 28.0 Å². The predicted octanol–water partition coefficient (Wildman–Crippen LogP) is 4.88. The maximum absolute atomic E-state index is 13.1. The molecule has 1 aromatic heterocycles. The van der Waals surface area contributed by atoms with Crippen molar-refractivity contribution in [3.8, 4) is 16.2 Å². The average Bonchev–Trinajstić information content (AvgIpc) is 3.28. The third-order valence-electron chi connectivity index (χ3n) is 5.97. The Morgan fingerprint density at radius 1 is 1.12 bits per heavy atom. The van der Waals surface area contributed by atoms with Crippen molar-refractivity contribution in [2.45, 2.75) is 42.2 Å². The first-order valence-corrected chi connectivity index (χ1v) is 13.1. The number of carbonyl (C=O) groups is 1. The maximum Gasteiger partial charge on any atom is 0.236 e. The molecule has 1 atom stereocenters. The Bertz CT molecular complexity index is 1120. The van der Waals surface area contributed by atoms with Gasteiger partial charge >= 0.3 is 0 Å². The highest BCUT2D eigenvalue weighted by molar-refractivity contribution is 7.87. The third-order valence-corrected chi connectivity index (χ3v) is 9.04. The van der Waals surface area contributed by atoms with E-state index in [2.05, 4.69) is 43.3 Å². The second-order valence-electron chi connectivity index (χ2n) is 8.27. The molecule has 2 aromatic carbocycles. The van der Waals surface area contributed by atoms with Crippen molar-refractivity contribution < 1.29 is 18.5 Å². The van der Waals surface area contributed by atoms with Crippen molar-refractivity contribution in [2.75, 3.05) is 19.8 Å². The number of thiophene rings is 1. The highest BCUT2D eigenvalue weighted by atomic mass is 32.2. The lowest BCUT2D eigenvalue weighted by Crippen LogP contribution is -2.51. The first kappa shape index (κ1) is 23.7. The second kappa shape index (κ2) is 10.6. The van der Waals surface area contributed by atoms with Crippen molar-refractivity contribution in [1.29, 1.82) is 0 Å². The highest BCUT2D eigenvalue weighted by Gasteiger charge is 2.45. The predicted molar refractivity (Wildman–Crippen MR) is 133 cm³/mol. The second-order valence-corrected chi connectivity index (χ2v) is 11.4. The monoisotopic (exact) mass is 483 g/mol. The van der Waals surface area contributed by atoms with Gasteiger partial charge in [0.05, 0.1) is 17.4 Å². The van der Waals surface area contributed by atoms with E-state index in [0.29, 0.717) is 37.6 Å². The van der Waals surface area contributed by atoms with Gasteiger partial charge in [-0.3, -0.25) is 9.00 Å². The van der Waals surface area contributed by atoms with Crippen LogP contribution in [0.15, 0.2) is 65.6 Å². The summed E-state index contributed by atoms with van der Waals surface area (Å²) >= 11 is 1.81. The minimum Gasteiger partial charge on any atom is -0.494 e. The summed E-state index contributed by atoms with van der Waals surface area (Å²) in [6.45, 7) is 3.51. The lowest BCUT2D eigenvalue weighted by molar-refractivity contribution is -0.122. The Kier molecular flexibility index (Phi) is 7.63. The van der Waals surface area contributed by atoms with E-state index in [1.54, 1.807) is 24.3 Å². The fourth-order valence-corrected chi connectivity index (χ4v) is 6.46. The number of primary amides is 1. The van der Waals surface area contributed by atoms with Crippen molar-refractivity contribution in [2.24, 2.45) is 5.73 Å². The van der Waals surface area contributed by atoms with Gasteiger partial charge in [-0.1, -0.05) is 24.3 Å². The van der Waals surface area contributed by atoms with E-state index >= 15 is 0 Å². The van der Waals surface area contributed by atoms with Crippen LogP contribution in [0.1, 0.15) is 29.7 Å². The first-order valence-electron chi connectivity index (χ1n) is 11.2. The molecule has 1 amide bonds. The van der Waals surface area contributed by atoms with Crippen LogP contribution in [-0.2, 0) is 26.8 Å². The Morgan fingerprint density at radius 2 is 1.88 bits per heavy atom. The molecule has 1 saturated heterocycles. The Balaban J connectivity index is 1.30. The number of aryl methyl sites for hydroxylation is 2. The van der Waals surface area contributed by atoms with E-state index in [0.717, 1.165) is 18.6 Å². The molecule has 3 aromatic rings. The van der Waals surface area contributed by atoms with Gasteiger partial charge in [0, 0.05) is 27.9 Å². The first-order chi connectivity index (χ1) is 16.0. The molecule has 1 aliphatic heterocycles. The summed E-state index contributed by atoms with van der Waals surface area (Å²) < 4.78 is 23.3. The zero-order chi connectivity index (χ0) is 23.3. The van der Waals surface area contributed by atoms with E-state index in [1.807, 2.05) is 11.3 Å². The zero-order valence-corrected chi connectivity index (χ0v) is 20.4. The van der Waals surface area contributed by atoms with Crippen molar-refractivity contribution in [1.82, 2.24) is 0 Å². The van der Waals surface area contributed by atoms with Crippen LogP contribution in [0.5, 0.6) is 5.75 Å². The molecule has 2 heterocycles. The van der Waals surface area contributed by atoms with Gasteiger partial charge in [-0.15, -0.1) is 11.3 Å². The molecule has 0 saturated carbocycles. The minimum absolute atomic E-state index is 0.375. The van der Waals surface area contributed by atoms with Gasteiger partial charge in [0.2, 0.25) is 5.91 Å². The van der Waals surface area contributed by atoms with Gasteiger partial charge in [0.15, 0.2) is 0 Å². The van der Waals surface area contributed by atoms with Crippen LogP contribution < -0.4 is 10.5 Å². The lowest BCUT2D eigenvalue weighted by atomic mass is 9.98. The van der Waals surface area contributed by atoms with Crippen LogP contribution in [0.2, 0.25) is 0 Å². The molecule has 0 spiro atoms. The summed E-state index contributed by atoms with van der Waals surface area (Å²) in [5.74, 6) is 0.196. The number of carbonyl (C=O) groups excluding carboxylic acids is 1. The number of hydrogen-bond acceptors (Lipinski definition) is 5. The molecule has 2 N–H and O–H groups in total. The summed E-state index contributed by atoms with van der Waals surface area (Å²) in [5, 5.41) is 0. The summed E-state index contributed by atoms with van der Waals surface area (Å²) in [5.41, 5.74) is 8.18. The van der Waals surface area contributed by atoms with Crippen LogP contribution in [0, 0.1) is 6.92 Å². The molecule has 7 heteroatoms. The standard InChI is InChI=1S/C26H29NO4S2/c1-19-7-12-24(32-19)21-6-2-4-20(18-21)5-3-15-31-22-8-10-23(11-9-22)33(29)26(25(27)28)13-16-30-17-14-26/h2,4,6-12,18H,3,5,13-17H2,1H3,(H2,27,28). The summed E-state index contributed by atoms with van der Waals surface area (Å²) in [6, 6.07) is 20.1. The molecule has 4 rings (SSSR count). The van der Waals surface area contributed by atoms with Gasteiger partial charge in [-0.2, -0.15) is 0 Å². The van der Waals surface area contributed by atoms with Gasteiger partial charge in [-0.25, -0.2) is 0 Å². The third kappa shape index (κ3) is 5.54. The molecule has 0 aliphatic carbocycles. The number of ether oxygens (including phenoxy) is 2. The molecule has 0 radical (unpaired) electrons. The van der Waals surface area contributed by atoms with E-state index in [9.17, 15) is 9.00 Å². The molecule has 0 bridgehead atoms. The van der Waals surface area contributed by atoms with Gasteiger partial charge < -0.3 is 15.2 Å². The molecule has 174 valence electrons. The topological polar surface area (TPSA) is 78.6 Å². The molecule has 1 aliphatic rings. The van der Waals surface area contributed by atoms with Crippen LogP contribution in [0.25, 0.3) is 10.4 Å². The van der Waals surface area contributed by atoms with Crippen LogP contribution in [0.3, 0.4) is 0 Å². The minimum atomic E-state index is -1.53. The van der Waals surface area contributed by atoms with E-state index in [1.165, 1.54) is 20.9 Å². The number of nitrogens with two attached hydrogens (primary N) is 1. The summed E-state index contributed by atoms with van der Waals surface area (Å²) in [6.07, 6.45) is 2.58. The summed E-state index contributed by atoms with van der Waals surface area (Å²) in [7, 11) is -1.53. The number of hydrogen-bond donors (Lipinski definition) is 1. The van der Waals surface area contributed by atoms with E-state index < -0.39 is 21.5 Å². The van der Waals surface area contributed by atoms with E-state index in [-0.39, 0.29) is 0 Å². The van der Waals surface area contributed by atoms with Crippen molar-refractivity contribution in [3.63, 3.8) is 0 Å².